The Bertz CT molecular complexity index is 1540. The zero-order valence-corrected chi connectivity index (χ0v) is 24.4. The molecule has 0 amide bonds. The molecule has 2 fully saturated rings. The molecule has 0 spiro atoms. The fourth-order valence-electron chi connectivity index (χ4n) is 5.03. The average Bonchev–Trinajstić information content (AvgIpc) is 3.79. The lowest BCUT2D eigenvalue weighted by atomic mass is 10.1. The monoisotopic (exact) mass is 640 g/mol. The molecule has 240 valence electrons. The minimum absolute atomic E-state index is 0.284. The summed E-state index contributed by atoms with van der Waals surface area (Å²) in [5.74, 6) is 0.691. The molecule has 0 radical (unpaired) electrons. The lowest BCUT2D eigenvalue weighted by molar-refractivity contribution is -0.332. The van der Waals surface area contributed by atoms with E-state index in [1.165, 1.54) is 26.9 Å². The maximum absolute atomic E-state index is 10.3. The second-order valence-electron chi connectivity index (χ2n) is 9.63. The predicted molar refractivity (Wildman–Crippen MR) is 151 cm³/mol. The molecule has 0 saturated carbocycles. The van der Waals surface area contributed by atoms with Crippen LogP contribution in [0.5, 0.6) is 0 Å². The first-order chi connectivity index (χ1) is 21.2. The van der Waals surface area contributed by atoms with E-state index in [-0.39, 0.29) is 6.61 Å². The summed E-state index contributed by atoms with van der Waals surface area (Å²) in [7, 11) is 0.731. The second-order valence-corrected chi connectivity index (χ2v) is 10.8. The number of rotatable bonds is 9. The van der Waals surface area contributed by atoms with Crippen molar-refractivity contribution in [3.8, 4) is 0 Å². The van der Waals surface area contributed by atoms with E-state index in [9.17, 15) is 20.2 Å². The maximum atomic E-state index is 10.3. The van der Waals surface area contributed by atoms with Crippen molar-refractivity contribution in [2.75, 3.05) is 38.6 Å². The molecule has 2 aliphatic rings. The Hall–Kier alpha value is -3.17. The van der Waals surface area contributed by atoms with Crippen LogP contribution in [0.15, 0.2) is 37.2 Å². The topological polar surface area (TPSA) is 270 Å². The molecule has 6 rings (SSSR count). The van der Waals surface area contributed by atoms with Crippen molar-refractivity contribution >= 4 is 42.1 Å². The maximum Gasteiger partial charge on any atom is 0.232 e. The molecule has 4 aromatic heterocycles. The Morgan fingerprint density at radius 2 is 1.36 bits per heavy atom. The summed E-state index contributed by atoms with van der Waals surface area (Å²) < 4.78 is 29.8. The molecular weight excluding hydrogens is 607 g/mol. The van der Waals surface area contributed by atoms with Crippen LogP contribution >= 0.6 is 8.38 Å². The largest absolute Gasteiger partial charge is 0.394 e. The summed E-state index contributed by atoms with van der Waals surface area (Å²) in [6.07, 6.45) is -1.26. The molecule has 20 heteroatoms. The first-order valence-corrected chi connectivity index (χ1v) is 14.5. The standard InChI is InChI=1S/C12H17N4O7P.C12H16N4O4/c1-20-8-7(18)12(22-23-24(19)5-17)21-11(8)16-3-2-6-9(13)14-4-15-10(6)16;1-19-9-8(18)7(4-17)20-12(9)16-3-2-6-10(13)14-5-15-11(6)16/h2-4,7-8,11-12,17-19H,5H2,1H3,(H2,13,14,15);2-3,5,7-9,12,17-18H,4H2,1H3,(H2,13,14,15)/t7-,8?,11-,12-,24?;7-,8+,9?,12-/m11/s1. The summed E-state index contributed by atoms with van der Waals surface area (Å²) in [5.41, 5.74) is 12.7. The number of nitrogens with two attached hydrogens (primary N) is 2. The lowest BCUT2D eigenvalue weighted by Gasteiger charge is -2.20. The second kappa shape index (κ2) is 13.9. The highest BCUT2D eigenvalue weighted by atomic mass is 31.2. The highest BCUT2D eigenvalue weighted by Crippen LogP contribution is 2.38. The molecule has 2 saturated heterocycles. The Morgan fingerprint density at radius 1 is 0.841 bits per heavy atom. The first-order valence-electron chi connectivity index (χ1n) is 13.1. The Labute approximate surface area is 250 Å². The molecule has 0 bridgehead atoms. The molecule has 3 unspecified atom stereocenters. The number of aliphatic hydroxyl groups is 4. The highest BCUT2D eigenvalue weighted by molar-refractivity contribution is 7.45. The van der Waals surface area contributed by atoms with E-state index in [1.54, 1.807) is 33.7 Å². The third-order valence-corrected chi connectivity index (χ3v) is 7.68. The van der Waals surface area contributed by atoms with Crippen LogP contribution in [-0.2, 0) is 28.5 Å². The summed E-state index contributed by atoms with van der Waals surface area (Å²) in [6.45, 7) is -0.284. The number of fused-ring (bicyclic) bond motifs is 2. The minimum Gasteiger partial charge on any atom is -0.394 e. The van der Waals surface area contributed by atoms with Crippen molar-refractivity contribution in [1.82, 2.24) is 29.1 Å². The van der Waals surface area contributed by atoms with Crippen molar-refractivity contribution in [2.45, 2.75) is 49.3 Å². The molecule has 4 aromatic rings. The highest BCUT2D eigenvalue weighted by Gasteiger charge is 2.47. The van der Waals surface area contributed by atoms with Crippen molar-refractivity contribution in [3.05, 3.63) is 37.2 Å². The van der Waals surface area contributed by atoms with Gasteiger partial charge in [-0.2, -0.15) is 9.56 Å². The van der Waals surface area contributed by atoms with Gasteiger partial charge in [-0.3, -0.25) is 0 Å². The Balaban J connectivity index is 0.000000177. The normalized spacial score (nSPS) is 29.2. The molecule has 44 heavy (non-hydrogen) atoms. The van der Waals surface area contributed by atoms with Gasteiger partial charge in [0, 0.05) is 26.6 Å². The van der Waals surface area contributed by atoms with E-state index >= 15 is 0 Å². The number of hydrogen-bond donors (Lipinski definition) is 7. The van der Waals surface area contributed by atoms with Gasteiger partial charge in [0.1, 0.15) is 72.5 Å². The first kappa shape index (κ1) is 32.2. The van der Waals surface area contributed by atoms with Crippen molar-refractivity contribution in [1.29, 1.82) is 0 Å². The van der Waals surface area contributed by atoms with Gasteiger partial charge in [-0.1, -0.05) is 0 Å². The molecule has 9 atom stereocenters. The van der Waals surface area contributed by atoms with Gasteiger partial charge in [0.2, 0.25) is 14.7 Å². The van der Waals surface area contributed by atoms with E-state index in [0.29, 0.717) is 33.7 Å². The van der Waals surface area contributed by atoms with Gasteiger partial charge in [0.25, 0.3) is 0 Å². The van der Waals surface area contributed by atoms with Gasteiger partial charge in [0.15, 0.2) is 12.5 Å². The average molecular weight is 641 g/mol. The van der Waals surface area contributed by atoms with E-state index < -0.39 is 64.0 Å². The van der Waals surface area contributed by atoms with Crippen molar-refractivity contribution in [3.63, 3.8) is 0 Å². The Morgan fingerprint density at radius 3 is 1.86 bits per heavy atom. The van der Waals surface area contributed by atoms with Crippen LogP contribution in [0.1, 0.15) is 12.5 Å². The quantitative estimate of drug-likeness (QED) is 0.0638. The predicted octanol–water partition coefficient (Wildman–Crippen LogP) is -1.27. The molecule has 2 aliphatic heterocycles. The van der Waals surface area contributed by atoms with Crippen LogP contribution in [0.2, 0.25) is 0 Å². The number of ether oxygens (including phenoxy) is 4. The smallest absolute Gasteiger partial charge is 0.232 e. The van der Waals surface area contributed by atoms with Gasteiger partial charge in [0.05, 0.1) is 17.4 Å². The third kappa shape index (κ3) is 6.05. The molecule has 0 aromatic carbocycles. The number of aromatic nitrogens is 6. The number of hydrogen-bond acceptors (Lipinski definition) is 17. The minimum atomic E-state index is -2.17. The van der Waals surface area contributed by atoms with Crippen LogP contribution in [-0.4, -0.2) is 118 Å². The van der Waals surface area contributed by atoms with Gasteiger partial charge in [-0.05, 0) is 12.1 Å². The van der Waals surface area contributed by atoms with Crippen LogP contribution < -0.4 is 11.5 Å². The number of nitrogen functional groups attached to an aromatic ring is 2. The van der Waals surface area contributed by atoms with Crippen LogP contribution in [0.25, 0.3) is 22.1 Å². The number of aliphatic hydroxyl groups excluding tert-OH is 4. The van der Waals surface area contributed by atoms with Crippen molar-refractivity contribution in [2.24, 2.45) is 0 Å². The van der Waals surface area contributed by atoms with Crippen LogP contribution in [0.4, 0.5) is 11.6 Å². The van der Waals surface area contributed by atoms with Crippen molar-refractivity contribution < 1.29 is 53.8 Å². The third-order valence-electron chi connectivity index (χ3n) is 7.18. The molecular formula is C24H33N8O11P. The molecule has 9 N–H and O–H groups in total. The summed E-state index contributed by atoms with van der Waals surface area (Å²) in [5, 5.41) is 39.6. The number of anilines is 2. The Kier molecular flexibility index (Phi) is 10.2. The zero-order chi connectivity index (χ0) is 31.5. The van der Waals surface area contributed by atoms with E-state index in [1.807, 2.05) is 0 Å². The van der Waals surface area contributed by atoms with E-state index in [4.69, 9.17) is 40.4 Å². The van der Waals surface area contributed by atoms with Gasteiger partial charge in [-0.15, -0.1) is 0 Å². The van der Waals surface area contributed by atoms with Crippen LogP contribution in [0, 0.1) is 0 Å². The molecule has 6 heterocycles. The molecule has 0 aliphatic carbocycles. The summed E-state index contributed by atoms with van der Waals surface area (Å²) in [6, 6.07) is 3.50. The van der Waals surface area contributed by atoms with E-state index in [2.05, 4.69) is 24.6 Å². The molecule has 19 nitrogen and oxygen atoms in total. The van der Waals surface area contributed by atoms with Gasteiger partial charge < -0.3 is 64.9 Å². The van der Waals surface area contributed by atoms with E-state index in [0.717, 1.165) is 0 Å². The SMILES string of the molecule is COC1[C@@H](O)[C@@H](CO)O[C@H]1n1ccc2c(N)ncnc21.COC1[C@@H](O)[C@@H](OOP(O)CO)O[C@H]1n1ccc2c(N)ncnc21. The fraction of sp³-hybridized carbons (Fsp3) is 0.500. The number of nitrogens with zero attached hydrogens (tertiary/aromatic N) is 6. The zero-order valence-electron chi connectivity index (χ0n) is 23.5. The lowest BCUT2D eigenvalue weighted by Crippen LogP contribution is -2.34. The summed E-state index contributed by atoms with van der Waals surface area (Å²) in [4.78, 5) is 30.3. The van der Waals surface area contributed by atoms with Gasteiger partial charge in [-0.25, -0.2) is 19.9 Å². The fourth-order valence-corrected chi connectivity index (χ4v) is 5.26. The summed E-state index contributed by atoms with van der Waals surface area (Å²) >= 11 is 0. The van der Waals surface area contributed by atoms with Crippen LogP contribution in [0.3, 0.4) is 0 Å². The van der Waals surface area contributed by atoms with Gasteiger partial charge >= 0.3 is 0 Å². The number of methoxy groups -OCH3 is 2.